The molecule has 0 atom stereocenters. The Hall–Kier alpha value is -1.06. The van der Waals surface area contributed by atoms with E-state index in [2.05, 4.69) is 0 Å². The predicted molar refractivity (Wildman–Crippen MR) is 19.9 cm³/mol. The van der Waals surface area contributed by atoms with Gasteiger partial charge >= 0.3 is 11.9 Å². The van der Waals surface area contributed by atoms with Crippen molar-refractivity contribution in [1.82, 2.24) is 0 Å². The van der Waals surface area contributed by atoms with Crippen LogP contribution in [0, 0.1) is 0 Å². The first kappa shape index (κ1) is 5.94. The zero-order chi connectivity index (χ0) is 5.86. The molecule has 0 aliphatic heterocycles. The standard InChI is InChI=1S/C3H4O4/c4-2(5)1-3(6)7/h1H2,(H,4,5)(H,6,7)/i1+1,2+1,3+1. The molecule has 0 saturated carbocycles. The molecule has 0 aliphatic carbocycles. The number of rotatable bonds is 2. The molecule has 0 heterocycles. The van der Waals surface area contributed by atoms with Gasteiger partial charge in [0.1, 0.15) is 6.42 Å². The molecule has 7 heavy (non-hydrogen) atoms. The third-order valence-corrected chi connectivity index (χ3v) is 0.302. The summed E-state index contributed by atoms with van der Waals surface area (Å²) in [5, 5.41) is 15.4. The Balaban J connectivity index is 3.32. The van der Waals surface area contributed by atoms with Gasteiger partial charge in [-0.05, 0) is 0 Å². The maximum absolute atomic E-state index is 9.43. The lowest BCUT2D eigenvalue weighted by Crippen LogP contribution is -2.03. The van der Waals surface area contributed by atoms with Crippen LogP contribution in [0.1, 0.15) is 6.42 Å². The van der Waals surface area contributed by atoms with Gasteiger partial charge in [0.2, 0.25) is 0 Å². The second-order valence-corrected chi connectivity index (χ2v) is 0.964. The van der Waals surface area contributed by atoms with E-state index in [1.165, 1.54) is 0 Å². The van der Waals surface area contributed by atoms with Crippen LogP contribution in [-0.4, -0.2) is 22.2 Å². The van der Waals surface area contributed by atoms with Crippen LogP contribution in [0.15, 0.2) is 0 Å². The fraction of sp³-hybridized carbons (Fsp3) is 0.333. The van der Waals surface area contributed by atoms with E-state index in [4.69, 9.17) is 10.2 Å². The van der Waals surface area contributed by atoms with Gasteiger partial charge in [0.15, 0.2) is 0 Å². The Morgan fingerprint density at radius 1 is 1.14 bits per heavy atom. The van der Waals surface area contributed by atoms with Crippen molar-refractivity contribution < 1.29 is 19.8 Å². The minimum atomic E-state index is -1.31. The SMILES string of the molecule is O=[13C](O)[13CH2][13C](=O)O. The molecule has 0 rings (SSSR count). The molecule has 4 nitrogen and oxygen atoms in total. The maximum atomic E-state index is 9.43. The Bertz CT molecular complexity index is 83.1. The molecule has 0 aromatic rings. The van der Waals surface area contributed by atoms with Crippen molar-refractivity contribution in [2.45, 2.75) is 6.42 Å². The molecule has 0 spiro atoms. The van der Waals surface area contributed by atoms with Crippen LogP contribution in [0.25, 0.3) is 0 Å². The van der Waals surface area contributed by atoms with Crippen LogP contribution in [0.5, 0.6) is 0 Å². The monoisotopic (exact) mass is 107 g/mol. The lowest BCUT2D eigenvalue weighted by Gasteiger charge is -1.80. The topological polar surface area (TPSA) is 74.6 Å². The van der Waals surface area contributed by atoms with Gasteiger partial charge in [-0.25, -0.2) is 0 Å². The van der Waals surface area contributed by atoms with E-state index in [-0.39, 0.29) is 0 Å². The second kappa shape index (κ2) is 2.17. The molecule has 0 aromatic carbocycles. The number of carbonyl (C=O) groups is 2. The molecule has 0 fully saturated rings. The van der Waals surface area contributed by atoms with Gasteiger partial charge in [-0.15, -0.1) is 0 Å². The summed E-state index contributed by atoms with van der Waals surface area (Å²) in [6.45, 7) is 0. The first-order valence-electron chi connectivity index (χ1n) is 1.56. The quantitative estimate of drug-likeness (QED) is 0.370. The van der Waals surface area contributed by atoms with Crippen LogP contribution in [0.2, 0.25) is 0 Å². The Morgan fingerprint density at radius 2 is 1.43 bits per heavy atom. The molecule has 0 radical (unpaired) electrons. The first-order valence-corrected chi connectivity index (χ1v) is 1.56. The van der Waals surface area contributed by atoms with Gasteiger partial charge in [-0.2, -0.15) is 0 Å². The zero-order valence-electron chi connectivity index (χ0n) is 3.42. The summed E-state index contributed by atoms with van der Waals surface area (Å²) < 4.78 is 0. The van der Waals surface area contributed by atoms with Crippen molar-refractivity contribution in [2.75, 3.05) is 0 Å². The zero-order valence-corrected chi connectivity index (χ0v) is 3.42. The molecular weight excluding hydrogens is 103 g/mol. The summed E-state index contributed by atoms with van der Waals surface area (Å²) in [4.78, 5) is 18.9. The number of carboxylic acid groups (broad SMARTS) is 2. The van der Waals surface area contributed by atoms with Crippen molar-refractivity contribution in [1.29, 1.82) is 0 Å². The van der Waals surface area contributed by atoms with E-state index >= 15 is 0 Å². The van der Waals surface area contributed by atoms with E-state index in [0.717, 1.165) is 0 Å². The van der Waals surface area contributed by atoms with Crippen LogP contribution in [0.3, 0.4) is 0 Å². The number of aliphatic carboxylic acids is 2. The van der Waals surface area contributed by atoms with Crippen molar-refractivity contribution in [3.05, 3.63) is 0 Å². The van der Waals surface area contributed by atoms with Gasteiger partial charge in [0.25, 0.3) is 0 Å². The van der Waals surface area contributed by atoms with Gasteiger partial charge in [0.05, 0.1) is 0 Å². The molecule has 0 saturated heterocycles. The maximum Gasteiger partial charge on any atom is 0.314 e. The number of hydrogen-bond acceptors (Lipinski definition) is 2. The normalized spacial score (nSPS) is 8.00. The molecule has 0 bridgehead atoms. The highest BCUT2D eigenvalue weighted by Gasteiger charge is 2.01. The van der Waals surface area contributed by atoms with Crippen LogP contribution >= 0.6 is 0 Å². The van der Waals surface area contributed by atoms with E-state index in [1.807, 2.05) is 0 Å². The summed E-state index contributed by atoms with van der Waals surface area (Å²) in [6.07, 6.45) is -0.806. The third-order valence-electron chi connectivity index (χ3n) is 0.302. The van der Waals surface area contributed by atoms with Gasteiger partial charge < -0.3 is 10.2 Å². The van der Waals surface area contributed by atoms with Gasteiger partial charge in [0, 0.05) is 0 Å². The lowest BCUT2D eigenvalue weighted by molar-refractivity contribution is -0.147. The molecular formula is C3H4O4. The van der Waals surface area contributed by atoms with E-state index < -0.39 is 18.4 Å². The summed E-state index contributed by atoms with van der Waals surface area (Å²) in [7, 11) is 0. The lowest BCUT2D eigenvalue weighted by atomic mass is 11.4. The summed E-state index contributed by atoms with van der Waals surface area (Å²) in [5.41, 5.74) is 0. The van der Waals surface area contributed by atoms with Crippen molar-refractivity contribution in [3.8, 4) is 0 Å². The minimum absolute atomic E-state index is 0.806. The number of hydrogen-bond donors (Lipinski definition) is 2. The van der Waals surface area contributed by atoms with Gasteiger partial charge in [-0.3, -0.25) is 9.59 Å². The minimum Gasteiger partial charge on any atom is -0.481 e. The molecule has 2 N–H and O–H groups in total. The Kier molecular flexibility index (Phi) is 1.84. The van der Waals surface area contributed by atoms with Crippen LogP contribution in [-0.2, 0) is 9.59 Å². The number of carboxylic acids is 2. The molecule has 0 aromatic heterocycles. The fourth-order valence-electron chi connectivity index (χ4n) is 0.129. The van der Waals surface area contributed by atoms with Crippen LogP contribution < -0.4 is 0 Å². The first-order chi connectivity index (χ1) is 3.13. The fourth-order valence-corrected chi connectivity index (χ4v) is 0.129. The highest BCUT2D eigenvalue weighted by atomic mass is 16.5. The highest BCUT2D eigenvalue weighted by Crippen LogP contribution is 1.74. The Morgan fingerprint density at radius 3 is 1.43 bits per heavy atom. The highest BCUT2D eigenvalue weighted by molar-refractivity contribution is 5.88. The molecule has 0 aliphatic rings. The predicted octanol–water partition coefficient (Wildman–Crippen LogP) is -0.454. The molecule has 40 valence electrons. The van der Waals surface area contributed by atoms with Crippen molar-refractivity contribution in [3.63, 3.8) is 0 Å². The molecule has 0 unspecified atom stereocenters. The molecule has 0 amide bonds. The smallest absolute Gasteiger partial charge is 0.314 e. The second-order valence-electron chi connectivity index (χ2n) is 0.964. The van der Waals surface area contributed by atoms with E-state index in [0.29, 0.717) is 0 Å². The van der Waals surface area contributed by atoms with Crippen molar-refractivity contribution >= 4 is 11.9 Å². The largest absolute Gasteiger partial charge is 0.481 e. The van der Waals surface area contributed by atoms with E-state index in [9.17, 15) is 9.59 Å². The average molecular weight is 107 g/mol. The molecule has 4 heteroatoms. The summed E-state index contributed by atoms with van der Waals surface area (Å²) >= 11 is 0. The summed E-state index contributed by atoms with van der Waals surface area (Å²) in [6, 6.07) is 0. The average Bonchev–Trinajstić information content (AvgIpc) is 1.27. The third kappa shape index (κ3) is 4.94. The van der Waals surface area contributed by atoms with Gasteiger partial charge in [-0.1, -0.05) is 0 Å². The van der Waals surface area contributed by atoms with E-state index in [1.54, 1.807) is 0 Å². The Labute approximate surface area is 39.4 Å². The van der Waals surface area contributed by atoms with Crippen molar-refractivity contribution in [2.24, 2.45) is 0 Å². The van der Waals surface area contributed by atoms with Crippen LogP contribution in [0.4, 0.5) is 0 Å². The summed E-state index contributed by atoms with van der Waals surface area (Å²) in [5.74, 6) is -2.62.